The molecule has 0 saturated heterocycles. The van der Waals surface area contributed by atoms with Crippen LogP contribution in [0.25, 0.3) is 0 Å². The highest BCUT2D eigenvalue weighted by Crippen LogP contribution is 2.28. The minimum atomic E-state index is 0.606. The summed E-state index contributed by atoms with van der Waals surface area (Å²) < 4.78 is 0. The van der Waals surface area contributed by atoms with Crippen molar-refractivity contribution in [2.75, 3.05) is 11.9 Å². The average molecular weight is 221 g/mol. The molecule has 0 amide bonds. The van der Waals surface area contributed by atoms with Crippen molar-refractivity contribution in [2.45, 2.75) is 19.3 Å². The summed E-state index contributed by atoms with van der Waals surface area (Å²) in [6.07, 6.45) is 4.00. The molecule has 1 aliphatic carbocycles. The maximum Gasteiger partial charge on any atom is 0.0992 e. The number of nitriles is 1. The molecule has 1 aliphatic rings. The number of nitrogens with one attached hydrogen (secondary N) is 1. The molecule has 1 fully saturated rings. The highest BCUT2D eigenvalue weighted by molar-refractivity contribution is 6.33. The molecule has 0 bridgehead atoms. The predicted molar refractivity (Wildman–Crippen MR) is 62.0 cm³/mol. The van der Waals surface area contributed by atoms with E-state index in [1.54, 1.807) is 12.1 Å². The van der Waals surface area contributed by atoms with Crippen LogP contribution in [0.2, 0.25) is 5.02 Å². The van der Waals surface area contributed by atoms with Gasteiger partial charge in [-0.1, -0.05) is 18.0 Å². The van der Waals surface area contributed by atoms with Crippen molar-refractivity contribution >= 4 is 17.3 Å². The van der Waals surface area contributed by atoms with E-state index in [9.17, 15) is 0 Å². The lowest BCUT2D eigenvalue weighted by Crippen LogP contribution is -2.20. The quantitative estimate of drug-likeness (QED) is 0.847. The van der Waals surface area contributed by atoms with Gasteiger partial charge in [0.15, 0.2) is 0 Å². The Hall–Kier alpha value is -1.20. The van der Waals surface area contributed by atoms with Gasteiger partial charge < -0.3 is 5.32 Å². The highest BCUT2D eigenvalue weighted by atomic mass is 35.5. The Labute approximate surface area is 94.9 Å². The van der Waals surface area contributed by atoms with Crippen LogP contribution in [0, 0.1) is 17.2 Å². The van der Waals surface area contributed by atoms with Crippen molar-refractivity contribution in [3.63, 3.8) is 0 Å². The molecule has 2 rings (SSSR count). The number of halogens is 1. The molecule has 3 heteroatoms. The lowest BCUT2D eigenvalue weighted by molar-refractivity contribution is 0.333. The topological polar surface area (TPSA) is 35.8 Å². The third-order valence-corrected chi connectivity index (χ3v) is 3.22. The van der Waals surface area contributed by atoms with Crippen LogP contribution in [0.5, 0.6) is 0 Å². The zero-order valence-corrected chi connectivity index (χ0v) is 9.22. The Morgan fingerprint density at radius 1 is 1.47 bits per heavy atom. The maximum absolute atomic E-state index is 8.69. The first-order valence-electron chi connectivity index (χ1n) is 5.23. The van der Waals surface area contributed by atoms with Crippen molar-refractivity contribution in [1.82, 2.24) is 0 Å². The Bertz CT molecular complexity index is 391. The van der Waals surface area contributed by atoms with Crippen LogP contribution in [0.3, 0.4) is 0 Å². The molecule has 1 saturated carbocycles. The molecule has 0 aliphatic heterocycles. The van der Waals surface area contributed by atoms with Gasteiger partial charge in [-0.2, -0.15) is 5.26 Å². The Morgan fingerprint density at radius 3 is 2.80 bits per heavy atom. The van der Waals surface area contributed by atoms with Gasteiger partial charge >= 0.3 is 0 Å². The fourth-order valence-electron chi connectivity index (χ4n) is 1.68. The molecule has 0 atom stereocenters. The molecular weight excluding hydrogens is 208 g/mol. The first-order chi connectivity index (χ1) is 7.29. The normalized spacial score (nSPS) is 15.5. The van der Waals surface area contributed by atoms with E-state index in [4.69, 9.17) is 16.9 Å². The third-order valence-electron chi connectivity index (χ3n) is 2.90. The van der Waals surface area contributed by atoms with Crippen molar-refractivity contribution in [3.05, 3.63) is 28.8 Å². The van der Waals surface area contributed by atoms with E-state index in [0.29, 0.717) is 10.6 Å². The second kappa shape index (κ2) is 4.55. The molecule has 0 unspecified atom stereocenters. The fraction of sp³-hybridized carbons (Fsp3) is 0.417. The van der Waals surface area contributed by atoms with Crippen LogP contribution in [0.1, 0.15) is 24.8 Å². The molecule has 1 N–H and O–H groups in total. The number of benzene rings is 1. The van der Waals surface area contributed by atoms with E-state index < -0.39 is 0 Å². The standard InChI is InChI=1S/C12H13ClN2/c13-11-6-10(7-14)4-5-12(11)15-8-9-2-1-3-9/h4-6,9,15H,1-3,8H2. The summed E-state index contributed by atoms with van der Waals surface area (Å²) >= 11 is 6.04. The van der Waals surface area contributed by atoms with Gasteiger partial charge in [0, 0.05) is 6.54 Å². The van der Waals surface area contributed by atoms with Crippen LogP contribution < -0.4 is 5.32 Å². The van der Waals surface area contributed by atoms with E-state index in [0.717, 1.165) is 18.2 Å². The first kappa shape index (κ1) is 10.3. The number of hydrogen-bond donors (Lipinski definition) is 1. The first-order valence-corrected chi connectivity index (χ1v) is 5.61. The van der Waals surface area contributed by atoms with Gasteiger partial charge in [0.05, 0.1) is 22.3 Å². The smallest absolute Gasteiger partial charge is 0.0992 e. The second-order valence-electron chi connectivity index (χ2n) is 3.98. The zero-order chi connectivity index (χ0) is 10.7. The summed E-state index contributed by atoms with van der Waals surface area (Å²) in [7, 11) is 0. The van der Waals surface area contributed by atoms with E-state index in [1.807, 2.05) is 6.07 Å². The summed E-state index contributed by atoms with van der Waals surface area (Å²) in [6.45, 7) is 0.992. The van der Waals surface area contributed by atoms with Gasteiger partial charge in [0.1, 0.15) is 0 Å². The van der Waals surface area contributed by atoms with Crippen LogP contribution in [-0.4, -0.2) is 6.54 Å². The molecule has 78 valence electrons. The van der Waals surface area contributed by atoms with E-state index in [1.165, 1.54) is 19.3 Å². The molecule has 0 spiro atoms. The predicted octanol–water partition coefficient (Wildman–Crippen LogP) is 3.42. The number of hydrogen-bond acceptors (Lipinski definition) is 2. The van der Waals surface area contributed by atoms with Gasteiger partial charge in [0.2, 0.25) is 0 Å². The Morgan fingerprint density at radius 2 is 2.27 bits per heavy atom. The molecule has 15 heavy (non-hydrogen) atoms. The summed E-state index contributed by atoms with van der Waals surface area (Å²) in [5.74, 6) is 0.803. The summed E-state index contributed by atoms with van der Waals surface area (Å²) in [5.41, 5.74) is 1.54. The summed E-state index contributed by atoms with van der Waals surface area (Å²) in [5, 5.41) is 12.6. The number of rotatable bonds is 3. The Balaban J connectivity index is 1.98. The van der Waals surface area contributed by atoms with E-state index in [-0.39, 0.29) is 0 Å². The highest BCUT2D eigenvalue weighted by Gasteiger charge is 2.16. The van der Waals surface area contributed by atoms with Crippen molar-refractivity contribution in [2.24, 2.45) is 5.92 Å². The van der Waals surface area contributed by atoms with Crippen molar-refractivity contribution in [3.8, 4) is 6.07 Å². The number of nitrogens with zero attached hydrogens (tertiary/aromatic N) is 1. The van der Waals surface area contributed by atoms with Crippen LogP contribution >= 0.6 is 11.6 Å². The van der Waals surface area contributed by atoms with Crippen LogP contribution in [0.15, 0.2) is 18.2 Å². The summed E-state index contributed by atoms with van der Waals surface area (Å²) in [4.78, 5) is 0. The number of anilines is 1. The largest absolute Gasteiger partial charge is 0.384 e. The molecular formula is C12H13ClN2. The maximum atomic E-state index is 8.69. The van der Waals surface area contributed by atoms with Crippen molar-refractivity contribution < 1.29 is 0 Å². The minimum Gasteiger partial charge on any atom is -0.384 e. The fourth-order valence-corrected chi connectivity index (χ4v) is 1.93. The van der Waals surface area contributed by atoms with Crippen molar-refractivity contribution in [1.29, 1.82) is 5.26 Å². The molecule has 1 aromatic rings. The van der Waals surface area contributed by atoms with Gasteiger partial charge in [-0.15, -0.1) is 0 Å². The zero-order valence-electron chi connectivity index (χ0n) is 8.46. The van der Waals surface area contributed by atoms with E-state index in [2.05, 4.69) is 11.4 Å². The van der Waals surface area contributed by atoms with Gasteiger partial charge in [-0.3, -0.25) is 0 Å². The second-order valence-corrected chi connectivity index (χ2v) is 4.39. The van der Waals surface area contributed by atoms with Crippen LogP contribution in [-0.2, 0) is 0 Å². The van der Waals surface area contributed by atoms with Gasteiger partial charge in [0.25, 0.3) is 0 Å². The SMILES string of the molecule is N#Cc1ccc(NCC2CCC2)c(Cl)c1. The van der Waals surface area contributed by atoms with Crippen LogP contribution in [0.4, 0.5) is 5.69 Å². The Kier molecular flexibility index (Phi) is 3.13. The lowest BCUT2D eigenvalue weighted by Gasteiger charge is -2.26. The monoisotopic (exact) mass is 220 g/mol. The van der Waals surface area contributed by atoms with Gasteiger partial charge in [-0.25, -0.2) is 0 Å². The van der Waals surface area contributed by atoms with E-state index >= 15 is 0 Å². The average Bonchev–Trinajstić information content (AvgIpc) is 2.18. The molecule has 0 aromatic heterocycles. The van der Waals surface area contributed by atoms with Gasteiger partial charge in [-0.05, 0) is 37.0 Å². The molecule has 0 radical (unpaired) electrons. The minimum absolute atomic E-state index is 0.606. The third kappa shape index (κ3) is 2.43. The summed E-state index contributed by atoms with van der Waals surface area (Å²) in [6, 6.07) is 7.43. The molecule has 0 heterocycles. The lowest BCUT2D eigenvalue weighted by atomic mass is 9.85. The molecule has 1 aromatic carbocycles. The molecule has 2 nitrogen and oxygen atoms in total.